The van der Waals surface area contributed by atoms with Crippen LogP contribution in [0.25, 0.3) is 6.08 Å². The van der Waals surface area contributed by atoms with Gasteiger partial charge in [-0.25, -0.2) is 13.1 Å². The summed E-state index contributed by atoms with van der Waals surface area (Å²) in [5.41, 5.74) is 1.37. The Morgan fingerprint density at radius 3 is 2.35 bits per heavy atom. The lowest BCUT2D eigenvalue weighted by Crippen LogP contribution is -2.39. The molecule has 1 amide bonds. The summed E-state index contributed by atoms with van der Waals surface area (Å²) >= 11 is 0. The first-order valence-corrected chi connectivity index (χ1v) is 11.6. The van der Waals surface area contributed by atoms with Crippen molar-refractivity contribution in [3.05, 3.63) is 54.1 Å². The van der Waals surface area contributed by atoms with Crippen molar-refractivity contribution < 1.29 is 22.7 Å². The van der Waals surface area contributed by atoms with Gasteiger partial charge < -0.3 is 14.4 Å². The van der Waals surface area contributed by atoms with E-state index in [-0.39, 0.29) is 22.6 Å². The number of sulfonamides is 1. The van der Waals surface area contributed by atoms with Gasteiger partial charge in [0.25, 0.3) is 5.91 Å². The van der Waals surface area contributed by atoms with Gasteiger partial charge in [0.2, 0.25) is 10.0 Å². The summed E-state index contributed by atoms with van der Waals surface area (Å²) in [6, 6.07) is 12.2. The molecule has 2 aromatic rings. The molecule has 3 rings (SSSR count). The molecule has 8 heteroatoms. The molecule has 0 heterocycles. The smallest absolute Gasteiger partial charge is 0.251 e. The number of ether oxygens (including phenoxy) is 2. The number of amides is 1. The Balaban J connectivity index is 1.90. The van der Waals surface area contributed by atoms with E-state index in [0.717, 1.165) is 24.3 Å². The lowest BCUT2D eigenvalue weighted by atomic mass is 10.1. The molecule has 1 saturated carbocycles. The molecule has 0 aromatic heterocycles. The highest BCUT2D eigenvalue weighted by molar-refractivity contribution is 7.89. The van der Waals surface area contributed by atoms with Crippen LogP contribution in [0.4, 0.5) is 5.69 Å². The van der Waals surface area contributed by atoms with Gasteiger partial charge in [0.05, 0.1) is 14.2 Å². The summed E-state index contributed by atoms with van der Waals surface area (Å²) in [6.07, 6.45) is 5.30. The molecule has 1 atom stereocenters. The Hall–Kier alpha value is -2.84. The average molecular weight is 445 g/mol. The quantitative estimate of drug-likeness (QED) is 0.599. The Labute approximate surface area is 183 Å². The van der Waals surface area contributed by atoms with E-state index in [2.05, 4.69) is 11.6 Å². The molecule has 1 N–H and O–H groups in total. The summed E-state index contributed by atoms with van der Waals surface area (Å²) in [5.74, 6) is 1.27. The van der Waals surface area contributed by atoms with E-state index in [1.54, 1.807) is 30.2 Å². The summed E-state index contributed by atoms with van der Waals surface area (Å²) < 4.78 is 37.2. The second kappa shape index (κ2) is 9.53. The number of methoxy groups -OCH3 is 2. The van der Waals surface area contributed by atoms with Crippen LogP contribution in [0.2, 0.25) is 0 Å². The zero-order valence-corrected chi connectivity index (χ0v) is 19.0. The number of benzene rings is 2. The number of nitrogens with one attached hydrogen (secondary N) is 1. The minimum atomic E-state index is -3.70. The molecule has 1 aliphatic carbocycles. The van der Waals surface area contributed by atoms with Gasteiger partial charge in [-0.05, 0) is 80.8 Å². The Kier molecular flexibility index (Phi) is 7.02. The number of carbonyl (C=O) groups excluding carboxylic acids is 1. The molecule has 2 aromatic carbocycles. The first-order valence-electron chi connectivity index (χ1n) is 10.1. The molecule has 7 nitrogen and oxygen atoms in total. The molecule has 31 heavy (non-hydrogen) atoms. The fourth-order valence-corrected chi connectivity index (χ4v) is 4.39. The number of hydrogen-bond acceptors (Lipinski definition) is 5. The molecule has 166 valence electrons. The molecule has 0 radical (unpaired) electrons. The summed E-state index contributed by atoms with van der Waals surface area (Å²) in [7, 11) is 0.653. The summed E-state index contributed by atoms with van der Waals surface area (Å²) in [4.78, 5) is 15.0. The third-order valence-electron chi connectivity index (χ3n) is 5.46. The minimum absolute atomic E-state index is 0.0189. The highest BCUT2D eigenvalue weighted by atomic mass is 32.2. The normalized spacial score (nSPS) is 15.0. The van der Waals surface area contributed by atoms with Crippen LogP contribution < -0.4 is 19.1 Å². The SMILES string of the molecule is CNS(=O)(=O)c1cc(/C=C/C(=O)N(c2ccc(OC)cc2)C(C)C2CC2)ccc1OC. The highest BCUT2D eigenvalue weighted by Crippen LogP contribution is 2.37. The predicted molar refractivity (Wildman–Crippen MR) is 121 cm³/mol. The van der Waals surface area contributed by atoms with Crippen LogP contribution in [-0.4, -0.2) is 41.6 Å². The fourth-order valence-electron chi connectivity index (χ4n) is 3.46. The summed E-state index contributed by atoms with van der Waals surface area (Å²) in [6.45, 7) is 2.05. The van der Waals surface area contributed by atoms with Gasteiger partial charge >= 0.3 is 0 Å². The maximum atomic E-state index is 13.2. The van der Waals surface area contributed by atoms with E-state index in [1.165, 1.54) is 26.3 Å². The number of anilines is 1. The van der Waals surface area contributed by atoms with Gasteiger partial charge in [-0.3, -0.25) is 4.79 Å². The number of rotatable bonds is 9. The van der Waals surface area contributed by atoms with E-state index in [1.807, 2.05) is 24.3 Å². The molecule has 0 bridgehead atoms. The molecule has 1 aliphatic rings. The van der Waals surface area contributed by atoms with Crippen LogP contribution in [0.15, 0.2) is 53.4 Å². The van der Waals surface area contributed by atoms with E-state index in [9.17, 15) is 13.2 Å². The lowest BCUT2D eigenvalue weighted by molar-refractivity contribution is -0.114. The van der Waals surface area contributed by atoms with Crippen LogP contribution in [0.3, 0.4) is 0 Å². The van der Waals surface area contributed by atoms with Crippen molar-refractivity contribution in [2.24, 2.45) is 5.92 Å². The zero-order chi connectivity index (χ0) is 22.6. The maximum absolute atomic E-state index is 13.2. The molecular formula is C23H28N2O5S. The van der Waals surface area contributed by atoms with Crippen molar-refractivity contribution in [1.29, 1.82) is 0 Å². The zero-order valence-electron chi connectivity index (χ0n) is 18.2. The number of nitrogens with zero attached hydrogens (tertiary/aromatic N) is 1. The van der Waals surface area contributed by atoms with Gasteiger partial charge in [0.15, 0.2) is 0 Å². The molecule has 0 aliphatic heterocycles. The van der Waals surface area contributed by atoms with Crippen molar-refractivity contribution in [3.63, 3.8) is 0 Å². The maximum Gasteiger partial charge on any atom is 0.251 e. The Morgan fingerprint density at radius 1 is 1.13 bits per heavy atom. The van der Waals surface area contributed by atoms with Crippen LogP contribution >= 0.6 is 0 Å². The minimum Gasteiger partial charge on any atom is -0.497 e. The number of hydrogen-bond donors (Lipinski definition) is 1. The van der Waals surface area contributed by atoms with Crippen LogP contribution in [0, 0.1) is 5.92 Å². The van der Waals surface area contributed by atoms with Crippen molar-refractivity contribution >= 4 is 27.7 Å². The summed E-state index contributed by atoms with van der Waals surface area (Å²) in [5, 5.41) is 0. The second-order valence-corrected chi connectivity index (χ2v) is 9.29. The lowest BCUT2D eigenvalue weighted by Gasteiger charge is -2.28. The third kappa shape index (κ3) is 5.26. The first-order chi connectivity index (χ1) is 14.8. The van der Waals surface area contributed by atoms with Gasteiger partial charge in [-0.2, -0.15) is 0 Å². The van der Waals surface area contributed by atoms with Crippen LogP contribution in [0.5, 0.6) is 11.5 Å². The van der Waals surface area contributed by atoms with Crippen molar-refractivity contribution in [3.8, 4) is 11.5 Å². The van der Waals surface area contributed by atoms with Crippen molar-refractivity contribution in [2.75, 3.05) is 26.2 Å². The van der Waals surface area contributed by atoms with Crippen molar-refractivity contribution in [2.45, 2.75) is 30.7 Å². The molecule has 1 unspecified atom stereocenters. The topological polar surface area (TPSA) is 84.9 Å². The van der Waals surface area contributed by atoms with E-state index < -0.39 is 10.0 Å². The van der Waals surface area contributed by atoms with E-state index in [0.29, 0.717) is 11.5 Å². The predicted octanol–water partition coefficient (Wildman–Crippen LogP) is 3.46. The van der Waals surface area contributed by atoms with Gasteiger partial charge in [-0.15, -0.1) is 0 Å². The standard InChI is InChI=1S/C23H28N2O5S/c1-16(18-7-8-18)25(19-9-11-20(29-3)12-10-19)23(26)14-6-17-5-13-21(30-4)22(15-17)31(27,28)24-2/h5-6,9-16,18,24H,7-8H2,1-4H3/b14-6+. The number of carbonyl (C=O) groups is 1. The van der Waals surface area contributed by atoms with Crippen LogP contribution in [0.1, 0.15) is 25.3 Å². The Bertz CT molecular complexity index is 1060. The van der Waals surface area contributed by atoms with Gasteiger partial charge in [0, 0.05) is 17.8 Å². The first kappa shape index (κ1) is 22.8. The monoisotopic (exact) mass is 444 g/mol. The molecule has 1 fully saturated rings. The van der Waals surface area contributed by atoms with E-state index >= 15 is 0 Å². The fraction of sp³-hybridized carbons (Fsp3) is 0.348. The second-order valence-electron chi connectivity index (χ2n) is 7.44. The average Bonchev–Trinajstić information content (AvgIpc) is 3.63. The third-order valence-corrected chi connectivity index (χ3v) is 6.90. The Morgan fingerprint density at radius 2 is 1.81 bits per heavy atom. The highest BCUT2D eigenvalue weighted by Gasteiger charge is 2.34. The molecule has 0 spiro atoms. The van der Waals surface area contributed by atoms with Crippen molar-refractivity contribution in [1.82, 2.24) is 4.72 Å². The van der Waals surface area contributed by atoms with Gasteiger partial charge in [-0.1, -0.05) is 6.07 Å². The van der Waals surface area contributed by atoms with Crippen LogP contribution in [-0.2, 0) is 14.8 Å². The molecular weight excluding hydrogens is 416 g/mol. The molecule has 0 saturated heterocycles. The van der Waals surface area contributed by atoms with Gasteiger partial charge in [0.1, 0.15) is 16.4 Å². The largest absolute Gasteiger partial charge is 0.497 e. The van der Waals surface area contributed by atoms with E-state index in [4.69, 9.17) is 9.47 Å².